The van der Waals surface area contributed by atoms with Crippen molar-refractivity contribution in [1.82, 2.24) is 5.32 Å². The Hall–Kier alpha value is -0.0800. The highest BCUT2D eigenvalue weighted by Gasteiger charge is 2.33. The average molecular weight is 225 g/mol. The number of nitrogens with one attached hydrogen (secondary N) is 1. The van der Waals surface area contributed by atoms with Crippen molar-refractivity contribution in [3.63, 3.8) is 0 Å². The zero-order valence-electron chi connectivity index (χ0n) is 10.9. The third-order valence-electron chi connectivity index (χ3n) is 4.39. The van der Waals surface area contributed by atoms with E-state index in [2.05, 4.69) is 19.2 Å². The van der Waals surface area contributed by atoms with E-state index in [0.29, 0.717) is 11.5 Å². The Morgan fingerprint density at radius 3 is 2.69 bits per heavy atom. The van der Waals surface area contributed by atoms with Gasteiger partial charge in [0.15, 0.2) is 0 Å². The van der Waals surface area contributed by atoms with E-state index < -0.39 is 0 Å². The molecule has 94 valence electrons. The van der Waals surface area contributed by atoms with E-state index in [-0.39, 0.29) is 0 Å². The monoisotopic (exact) mass is 225 g/mol. The fraction of sp³-hybridized carbons (Fsp3) is 1.00. The van der Waals surface area contributed by atoms with Crippen LogP contribution in [0.3, 0.4) is 0 Å². The molecule has 2 fully saturated rings. The molecule has 2 heteroatoms. The van der Waals surface area contributed by atoms with Gasteiger partial charge >= 0.3 is 0 Å². The molecule has 2 aliphatic rings. The SMILES string of the molecule is CC1(C)CCCC1NCCC1CCCCO1. The van der Waals surface area contributed by atoms with Crippen LogP contribution in [0.25, 0.3) is 0 Å². The van der Waals surface area contributed by atoms with Gasteiger partial charge in [-0.3, -0.25) is 0 Å². The van der Waals surface area contributed by atoms with Gasteiger partial charge in [0, 0.05) is 12.6 Å². The van der Waals surface area contributed by atoms with Crippen LogP contribution in [0.2, 0.25) is 0 Å². The van der Waals surface area contributed by atoms with E-state index in [4.69, 9.17) is 4.74 Å². The van der Waals surface area contributed by atoms with Crippen LogP contribution in [0.1, 0.15) is 58.8 Å². The Bertz CT molecular complexity index is 209. The van der Waals surface area contributed by atoms with E-state index in [0.717, 1.165) is 19.2 Å². The normalized spacial score (nSPS) is 34.1. The lowest BCUT2D eigenvalue weighted by Crippen LogP contribution is -2.39. The number of hydrogen-bond acceptors (Lipinski definition) is 2. The minimum absolute atomic E-state index is 0.507. The maximum absolute atomic E-state index is 5.75. The molecule has 1 aliphatic heterocycles. The van der Waals surface area contributed by atoms with Crippen LogP contribution >= 0.6 is 0 Å². The molecular weight excluding hydrogens is 198 g/mol. The second-order valence-corrected chi connectivity index (χ2v) is 6.16. The van der Waals surface area contributed by atoms with Crippen molar-refractivity contribution >= 4 is 0 Å². The highest BCUT2D eigenvalue weighted by molar-refractivity contribution is 4.90. The first-order valence-corrected chi connectivity index (χ1v) is 7.03. The highest BCUT2D eigenvalue weighted by atomic mass is 16.5. The van der Waals surface area contributed by atoms with Gasteiger partial charge in [0.1, 0.15) is 0 Å². The molecule has 0 radical (unpaired) electrons. The first-order chi connectivity index (χ1) is 7.68. The number of ether oxygens (including phenoxy) is 1. The summed E-state index contributed by atoms with van der Waals surface area (Å²) >= 11 is 0. The van der Waals surface area contributed by atoms with Gasteiger partial charge in [-0.15, -0.1) is 0 Å². The Labute approximate surface area is 100 Å². The summed E-state index contributed by atoms with van der Waals surface area (Å²) in [6.07, 6.45) is 9.76. The molecule has 1 heterocycles. The van der Waals surface area contributed by atoms with Gasteiger partial charge in [-0.25, -0.2) is 0 Å². The van der Waals surface area contributed by atoms with Crippen LogP contribution in [0, 0.1) is 5.41 Å². The molecule has 2 nitrogen and oxygen atoms in total. The molecule has 16 heavy (non-hydrogen) atoms. The largest absolute Gasteiger partial charge is 0.378 e. The standard InChI is InChI=1S/C14H27NO/c1-14(2)9-5-7-13(14)15-10-8-12-6-3-4-11-16-12/h12-13,15H,3-11H2,1-2H3. The molecule has 0 aromatic carbocycles. The molecule has 0 spiro atoms. The fourth-order valence-electron chi connectivity index (χ4n) is 3.16. The second kappa shape index (κ2) is 5.50. The number of rotatable bonds is 4. The summed E-state index contributed by atoms with van der Waals surface area (Å²) in [7, 11) is 0. The smallest absolute Gasteiger partial charge is 0.0587 e. The Kier molecular flexibility index (Phi) is 4.26. The van der Waals surface area contributed by atoms with Crippen molar-refractivity contribution in [2.45, 2.75) is 70.9 Å². The van der Waals surface area contributed by atoms with Crippen molar-refractivity contribution in [2.75, 3.05) is 13.2 Å². The molecule has 1 aliphatic carbocycles. The van der Waals surface area contributed by atoms with Gasteiger partial charge in [-0.05, 0) is 50.5 Å². The van der Waals surface area contributed by atoms with E-state index in [1.54, 1.807) is 0 Å². The van der Waals surface area contributed by atoms with Crippen LogP contribution in [-0.4, -0.2) is 25.3 Å². The Morgan fingerprint density at radius 1 is 1.19 bits per heavy atom. The zero-order valence-corrected chi connectivity index (χ0v) is 10.9. The summed E-state index contributed by atoms with van der Waals surface area (Å²) < 4.78 is 5.75. The summed E-state index contributed by atoms with van der Waals surface area (Å²) in [4.78, 5) is 0. The summed E-state index contributed by atoms with van der Waals surface area (Å²) in [5.41, 5.74) is 0.507. The summed E-state index contributed by atoms with van der Waals surface area (Å²) in [6.45, 7) is 6.92. The predicted octanol–water partition coefficient (Wildman–Crippen LogP) is 3.11. The maximum atomic E-state index is 5.75. The van der Waals surface area contributed by atoms with Gasteiger partial charge in [0.25, 0.3) is 0 Å². The molecule has 2 atom stereocenters. The summed E-state index contributed by atoms with van der Waals surface area (Å²) in [5.74, 6) is 0. The zero-order chi connectivity index (χ0) is 11.4. The summed E-state index contributed by atoms with van der Waals surface area (Å²) in [5, 5.41) is 3.74. The van der Waals surface area contributed by atoms with E-state index in [1.165, 1.54) is 44.9 Å². The molecule has 0 aromatic rings. The van der Waals surface area contributed by atoms with Crippen molar-refractivity contribution in [3.8, 4) is 0 Å². The van der Waals surface area contributed by atoms with Crippen LogP contribution in [0.15, 0.2) is 0 Å². The molecule has 0 aromatic heterocycles. The third-order valence-corrected chi connectivity index (χ3v) is 4.39. The second-order valence-electron chi connectivity index (χ2n) is 6.16. The summed E-state index contributed by atoms with van der Waals surface area (Å²) in [6, 6.07) is 0.732. The van der Waals surface area contributed by atoms with Gasteiger partial charge in [-0.1, -0.05) is 20.3 Å². The minimum atomic E-state index is 0.507. The molecule has 1 saturated carbocycles. The average Bonchev–Trinajstić information content (AvgIpc) is 2.60. The van der Waals surface area contributed by atoms with Crippen LogP contribution < -0.4 is 5.32 Å². The van der Waals surface area contributed by atoms with Gasteiger partial charge in [0.05, 0.1) is 6.10 Å². The predicted molar refractivity (Wildman–Crippen MR) is 67.6 cm³/mol. The first-order valence-electron chi connectivity index (χ1n) is 7.03. The van der Waals surface area contributed by atoms with Crippen LogP contribution in [-0.2, 0) is 4.74 Å². The Balaban J connectivity index is 1.63. The molecule has 2 unspecified atom stereocenters. The van der Waals surface area contributed by atoms with E-state index in [1.807, 2.05) is 0 Å². The first kappa shape index (κ1) is 12.4. The Morgan fingerprint density at radius 2 is 2.06 bits per heavy atom. The third kappa shape index (κ3) is 3.21. The minimum Gasteiger partial charge on any atom is -0.378 e. The van der Waals surface area contributed by atoms with Crippen molar-refractivity contribution in [2.24, 2.45) is 5.41 Å². The highest BCUT2D eigenvalue weighted by Crippen LogP contribution is 2.37. The molecule has 1 N–H and O–H groups in total. The number of hydrogen-bond donors (Lipinski definition) is 1. The molecular formula is C14H27NO. The topological polar surface area (TPSA) is 21.3 Å². The van der Waals surface area contributed by atoms with E-state index >= 15 is 0 Å². The van der Waals surface area contributed by atoms with Crippen molar-refractivity contribution in [1.29, 1.82) is 0 Å². The van der Waals surface area contributed by atoms with Gasteiger partial charge < -0.3 is 10.1 Å². The molecule has 0 amide bonds. The van der Waals surface area contributed by atoms with Crippen molar-refractivity contribution < 1.29 is 4.74 Å². The van der Waals surface area contributed by atoms with Gasteiger partial charge in [-0.2, -0.15) is 0 Å². The molecule has 0 bridgehead atoms. The lowest BCUT2D eigenvalue weighted by molar-refractivity contribution is 0.0107. The van der Waals surface area contributed by atoms with Crippen LogP contribution in [0.4, 0.5) is 0 Å². The van der Waals surface area contributed by atoms with Crippen LogP contribution in [0.5, 0.6) is 0 Å². The fourth-order valence-corrected chi connectivity index (χ4v) is 3.16. The van der Waals surface area contributed by atoms with Crippen molar-refractivity contribution in [3.05, 3.63) is 0 Å². The molecule has 2 rings (SSSR count). The molecule has 1 saturated heterocycles. The van der Waals surface area contributed by atoms with E-state index in [9.17, 15) is 0 Å². The quantitative estimate of drug-likeness (QED) is 0.794. The van der Waals surface area contributed by atoms with Gasteiger partial charge in [0.2, 0.25) is 0 Å². The maximum Gasteiger partial charge on any atom is 0.0587 e. The lowest BCUT2D eigenvalue weighted by Gasteiger charge is -2.29. The lowest BCUT2D eigenvalue weighted by atomic mass is 9.87.